The Morgan fingerprint density at radius 2 is 1.90 bits per heavy atom. The lowest BCUT2D eigenvalue weighted by atomic mass is 10.2. The van der Waals surface area contributed by atoms with Gasteiger partial charge in [-0.05, 0) is 42.5 Å². The van der Waals surface area contributed by atoms with E-state index in [0.717, 1.165) is 28.1 Å². The van der Waals surface area contributed by atoms with Crippen LogP contribution in [0.2, 0.25) is 5.02 Å². The summed E-state index contributed by atoms with van der Waals surface area (Å²) in [6.07, 6.45) is 0. The minimum absolute atomic E-state index is 0.0832. The van der Waals surface area contributed by atoms with E-state index in [2.05, 4.69) is 10.3 Å². The molecule has 106 valence electrons. The lowest BCUT2D eigenvalue weighted by molar-refractivity contribution is -0.114. The maximum atomic E-state index is 11.0. The van der Waals surface area contributed by atoms with Crippen LogP contribution in [0.3, 0.4) is 0 Å². The molecule has 0 aliphatic rings. The molecule has 0 aliphatic carbocycles. The molecule has 5 heteroatoms. The number of carbonyl (C=O) groups excluding carboxylic acids is 1. The summed E-state index contributed by atoms with van der Waals surface area (Å²) in [7, 11) is 1.97. The van der Waals surface area contributed by atoms with Gasteiger partial charge in [0.25, 0.3) is 0 Å². The minimum Gasteiger partial charge on any atom is -0.327 e. The standard InChI is InChI=1S/C16H14ClN3O/c1-10(21)18-13-6-3-11(4-7-13)16-19-14-9-12(17)5-8-15(14)20(16)2/h3-9H,1-2H3,(H,18,21). The second kappa shape index (κ2) is 5.22. The summed E-state index contributed by atoms with van der Waals surface area (Å²) in [6.45, 7) is 1.49. The molecule has 21 heavy (non-hydrogen) atoms. The topological polar surface area (TPSA) is 46.9 Å². The Hall–Kier alpha value is -2.33. The lowest BCUT2D eigenvalue weighted by Gasteiger charge is -2.05. The van der Waals surface area contributed by atoms with Crippen LogP contribution in [0, 0.1) is 0 Å². The maximum Gasteiger partial charge on any atom is 0.221 e. The van der Waals surface area contributed by atoms with Gasteiger partial charge in [0, 0.05) is 30.2 Å². The number of fused-ring (bicyclic) bond motifs is 1. The Kier molecular flexibility index (Phi) is 3.39. The summed E-state index contributed by atoms with van der Waals surface area (Å²) >= 11 is 6.01. The number of hydrogen-bond acceptors (Lipinski definition) is 2. The fourth-order valence-electron chi connectivity index (χ4n) is 2.34. The highest BCUT2D eigenvalue weighted by Gasteiger charge is 2.10. The van der Waals surface area contributed by atoms with Crippen molar-refractivity contribution in [1.29, 1.82) is 0 Å². The highest BCUT2D eigenvalue weighted by Crippen LogP contribution is 2.26. The molecular formula is C16H14ClN3O. The van der Waals surface area contributed by atoms with Gasteiger partial charge in [-0.25, -0.2) is 4.98 Å². The Labute approximate surface area is 127 Å². The molecule has 1 aromatic heterocycles. The van der Waals surface area contributed by atoms with Crippen LogP contribution in [0.15, 0.2) is 42.5 Å². The van der Waals surface area contributed by atoms with Gasteiger partial charge in [-0.2, -0.15) is 0 Å². The number of nitrogens with one attached hydrogen (secondary N) is 1. The van der Waals surface area contributed by atoms with Gasteiger partial charge < -0.3 is 9.88 Å². The molecule has 0 spiro atoms. The molecule has 0 aliphatic heterocycles. The lowest BCUT2D eigenvalue weighted by Crippen LogP contribution is -2.05. The van der Waals surface area contributed by atoms with E-state index in [9.17, 15) is 4.79 Å². The van der Waals surface area contributed by atoms with E-state index in [1.54, 1.807) is 0 Å². The predicted molar refractivity (Wildman–Crippen MR) is 85.5 cm³/mol. The van der Waals surface area contributed by atoms with E-state index < -0.39 is 0 Å². The first-order valence-corrected chi connectivity index (χ1v) is 6.92. The summed E-state index contributed by atoms with van der Waals surface area (Å²) in [4.78, 5) is 15.7. The number of aromatic nitrogens is 2. The average molecular weight is 300 g/mol. The third-order valence-electron chi connectivity index (χ3n) is 3.31. The fourth-order valence-corrected chi connectivity index (χ4v) is 2.50. The molecular weight excluding hydrogens is 286 g/mol. The summed E-state index contributed by atoms with van der Waals surface area (Å²) in [5.74, 6) is 0.779. The highest BCUT2D eigenvalue weighted by atomic mass is 35.5. The van der Waals surface area contributed by atoms with E-state index in [0.29, 0.717) is 5.02 Å². The second-order valence-electron chi connectivity index (χ2n) is 4.89. The van der Waals surface area contributed by atoms with Crippen LogP contribution in [0.25, 0.3) is 22.4 Å². The van der Waals surface area contributed by atoms with Crippen molar-refractivity contribution in [2.45, 2.75) is 6.92 Å². The van der Waals surface area contributed by atoms with Crippen molar-refractivity contribution in [3.8, 4) is 11.4 Å². The second-order valence-corrected chi connectivity index (χ2v) is 5.32. The SMILES string of the molecule is CC(=O)Nc1ccc(-c2nc3cc(Cl)ccc3n2C)cc1. The number of aryl methyl sites for hydroxylation is 1. The Morgan fingerprint density at radius 3 is 2.57 bits per heavy atom. The first-order valence-electron chi connectivity index (χ1n) is 6.54. The monoisotopic (exact) mass is 299 g/mol. The van der Waals surface area contributed by atoms with Crippen molar-refractivity contribution in [2.24, 2.45) is 7.05 Å². The number of rotatable bonds is 2. The Bertz CT molecular complexity index is 821. The molecule has 0 bridgehead atoms. The van der Waals surface area contributed by atoms with Crippen molar-refractivity contribution < 1.29 is 4.79 Å². The van der Waals surface area contributed by atoms with Crippen LogP contribution in [0.1, 0.15) is 6.92 Å². The molecule has 0 atom stereocenters. The molecule has 0 fully saturated rings. The van der Waals surface area contributed by atoms with Crippen LogP contribution >= 0.6 is 11.6 Å². The highest BCUT2D eigenvalue weighted by molar-refractivity contribution is 6.31. The quantitative estimate of drug-likeness (QED) is 0.781. The summed E-state index contributed by atoms with van der Waals surface area (Å²) in [5.41, 5.74) is 3.65. The molecule has 3 rings (SSSR count). The van der Waals surface area contributed by atoms with E-state index in [1.165, 1.54) is 6.92 Å². The number of hydrogen-bond donors (Lipinski definition) is 1. The molecule has 3 aromatic rings. The van der Waals surface area contributed by atoms with Crippen LogP contribution in [0.5, 0.6) is 0 Å². The van der Waals surface area contributed by atoms with Gasteiger partial charge in [-0.1, -0.05) is 11.6 Å². The third kappa shape index (κ3) is 2.62. The molecule has 4 nitrogen and oxygen atoms in total. The Balaban J connectivity index is 2.03. The van der Waals surface area contributed by atoms with Crippen LogP contribution in [-0.4, -0.2) is 15.5 Å². The summed E-state index contributed by atoms with van der Waals surface area (Å²) in [6, 6.07) is 13.3. The first kappa shape index (κ1) is 13.6. The van der Waals surface area contributed by atoms with E-state index >= 15 is 0 Å². The van der Waals surface area contributed by atoms with Crippen molar-refractivity contribution in [1.82, 2.24) is 9.55 Å². The molecule has 0 radical (unpaired) electrons. The zero-order valence-electron chi connectivity index (χ0n) is 11.7. The fraction of sp³-hybridized carbons (Fsp3) is 0.125. The van der Waals surface area contributed by atoms with Crippen molar-refractivity contribution >= 4 is 34.2 Å². The number of imidazole rings is 1. The first-order chi connectivity index (χ1) is 10.0. The molecule has 1 N–H and O–H groups in total. The predicted octanol–water partition coefficient (Wildman–Crippen LogP) is 3.85. The van der Waals surface area contributed by atoms with Gasteiger partial charge in [0.05, 0.1) is 11.0 Å². The smallest absolute Gasteiger partial charge is 0.221 e. The zero-order valence-corrected chi connectivity index (χ0v) is 12.5. The van der Waals surface area contributed by atoms with Gasteiger partial charge in [-0.3, -0.25) is 4.79 Å². The summed E-state index contributed by atoms with van der Waals surface area (Å²) < 4.78 is 2.03. The number of nitrogens with zero attached hydrogens (tertiary/aromatic N) is 2. The third-order valence-corrected chi connectivity index (χ3v) is 3.54. The van der Waals surface area contributed by atoms with Crippen LogP contribution in [-0.2, 0) is 11.8 Å². The van der Waals surface area contributed by atoms with Gasteiger partial charge >= 0.3 is 0 Å². The van der Waals surface area contributed by atoms with Gasteiger partial charge in [0.2, 0.25) is 5.91 Å². The Morgan fingerprint density at radius 1 is 1.19 bits per heavy atom. The van der Waals surface area contributed by atoms with E-state index in [1.807, 2.05) is 54.1 Å². The molecule has 0 unspecified atom stereocenters. The van der Waals surface area contributed by atoms with Crippen LogP contribution in [0.4, 0.5) is 5.69 Å². The van der Waals surface area contributed by atoms with E-state index in [4.69, 9.17) is 11.6 Å². The minimum atomic E-state index is -0.0832. The molecule has 0 saturated carbocycles. The van der Waals surface area contributed by atoms with Crippen molar-refractivity contribution in [3.63, 3.8) is 0 Å². The number of halogens is 1. The van der Waals surface area contributed by atoms with Crippen molar-refractivity contribution in [3.05, 3.63) is 47.5 Å². The van der Waals surface area contributed by atoms with Gasteiger partial charge in [0.15, 0.2) is 0 Å². The number of carbonyl (C=O) groups is 1. The van der Waals surface area contributed by atoms with Crippen molar-refractivity contribution in [2.75, 3.05) is 5.32 Å². The summed E-state index contributed by atoms with van der Waals surface area (Å²) in [5, 5.41) is 3.42. The zero-order chi connectivity index (χ0) is 15.0. The number of benzene rings is 2. The van der Waals surface area contributed by atoms with Gasteiger partial charge in [0.1, 0.15) is 5.82 Å². The largest absolute Gasteiger partial charge is 0.327 e. The molecule has 1 heterocycles. The molecule has 0 saturated heterocycles. The van der Waals surface area contributed by atoms with E-state index in [-0.39, 0.29) is 5.91 Å². The van der Waals surface area contributed by atoms with Gasteiger partial charge in [-0.15, -0.1) is 0 Å². The molecule has 2 aromatic carbocycles. The normalized spacial score (nSPS) is 10.8. The number of anilines is 1. The average Bonchev–Trinajstić information content (AvgIpc) is 2.75. The maximum absolute atomic E-state index is 11.0. The van der Waals surface area contributed by atoms with Crippen LogP contribution < -0.4 is 5.32 Å². The molecule has 1 amide bonds. The number of amides is 1.